The van der Waals surface area contributed by atoms with Crippen LogP contribution in [-0.4, -0.2) is 22.8 Å². The summed E-state index contributed by atoms with van der Waals surface area (Å²) in [6, 6.07) is 4.59. The molecule has 2 rings (SSSR count). The van der Waals surface area contributed by atoms with E-state index < -0.39 is 4.92 Å². The lowest BCUT2D eigenvalue weighted by atomic mass is 10.2. The molecule has 0 bridgehead atoms. The van der Waals surface area contributed by atoms with E-state index in [0.29, 0.717) is 16.7 Å². The molecule has 17 heavy (non-hydrogen) atoms. The smallest absolute Gasteiger partial charge is 0.294 e. The third-order valence-electron chi connectivity index (χ3n) is 2.50. The Morgan fingerprint density at radius 2 is 2.24 bits per heavy atom. The first-order valence-corrected chi connectivity index (χ1v) is 6.10. The minimum atomic E-state index is -0.505. The molecule has 0 spiro atoms. The largest absolute Gasteiger partial charge is 0.305 e. The average molecular weight is 320 g/mol. The van der Waals surface area contributed by atoms with Crippen LogP contribution in [0.3, 0.4) is 0 Å². The number of amides is 1. The molecule has 0 radical (unpaired) electrons. The first-order chi connectivity index (χ1) is 7.99. The highest BCUT2D eigenvalue weighted by Crippen LogP contribution is 2.34. The van der Waals surface area contributed by atoms with E-state index in [1.165, 1.54) is 11.0 Å². The minimum Gasteiger partial charge on any atom is -0.305 e. The van der Waals surface area contributed by atoms with Gasteiger partial charge in [0.15, 0.2) is 0 Å². The third kappa shape index (κ3) is 2.42. The Bertz CT molecular complexity index is 494. The molecule has 1 amide bonds. The van der Waals surface area contributed by atoms with Crippen molar-refractivity contribution < 1.29 is 9.72 Å². The van der Waals surface area contributed by atoms with E-state index >= 15 is 0 Å². The summed E-state index contributed by atoms with van der Waals surface area (Å²) in [5.41, 5.74) is 0.199. The van der Waals surface area contributed by atoms with Gasteiger partial charge < -0.3 is 4.90 Å². The SMILES string of the molecule is O=C1CC(Cl)CN1c1ccc(Br)cc1[N+](=O)[O-]. The van der Waals surface area contributed by atoms with Crippen molar-refractivity contribution in [2.24, 2.45) is 0 Å². The molecule has 7 heteroatoms. The highest BCUT2D eigenvalue weighted by atomic mass is 79.9. The number of hydrogen-bond acceptors (Lipinski definition) is 3. The second kappa shape index (κ2) is 4.62. The Kier molecular flexibility index (Phi) is 3.35. The molecule has 1 heterocycles. The minimum absolute atomic E-state index is 0.0986. The normalized spacial score (nSPS) is 19.8. The van der Waals surface area contributed by atoms with E-state index in [9.17, 15) is 14.9 Å². The molecule has 1 saturated heterocycles. The summed E-state index contributed by atoms with van der Waals surface area (Å²) < 4.78 is 0.599. The molecule has 1 unspecified atom stereocenters. The van der Waals surface area contributed by atoms with Crippen molar-refractivity contribution in [1.82, 2.24) is 0 Å². The quantitative estimate of drug-likeness (QED) is 0.478. The predicted octanol–water partition coefficient (Wildman–Crippen LogP) is 2.70. The monoisotopic (exact) mass is 318 g/mol. The molecule has 0 saturated carbocycles. The van der Waals surface area contributed by atoms with Gasteiger partial charge in [-0.1, -0.05) is 15.9 Å². The topological polar surface area (TPSA) is 63.5 Å². The fourth-order valence-electron chi connectivity index (χ4n) is 1.77. The van der Waals surface area contributed by atoms with Gasteiger partial charge in [0.1, 0.15) is 5.69 Å². The van der Waals surface area contributed by atoms with Crippen molar-refractivity contribution >= 4 is 44.8 Å². The Morgan fingerprint density at radius 3 is 2.76 bits per heavy atom. The van der Waals surface area contributed by atoms with Gasteiger partial charge in [-0.25, -0.2) is 0 Å². The molecular formula is C10H8BrClN2O3. The van der Waals surface area contributed by atoms with Crippen molar-refractivity contribution in [3.05, 3.63) is 32.8 Å². The fourth-order valence-corrected chi connectivity index (χ4v) is 2.39. The summed E-state index contributed by atoms with van der Waals surface area (Å²) in [5, 5.41) is 10.6. The molecule has 0 aliphatic carbocycles. The van der Waals surface area contributed by atoms with Crippen molar-refractivity contribution in [3.63, 3.8) is 0 Å². The van der Waals surface area contributed by atoms with Crippen LogP contribution in [0.25, 0.3) is 0 Å². The predicted molar refractivity (Wildman–Crippen MR) is 67.4 cm³/mol. The van der Waals surface area contributed by atoms with Gasteiger partial charge in [0, 0.05) is 23.5 Å². The van der Waals surface area contributed by atoms with Crippen LogP contribution in [-0.2, 0) is 4.79 Å². The summed E-state index contributed by atoms with van der Waals surface area (Å²) in [7, 11) is 0. The molecule has 90 valence electrons. The Hall–Kier alpha value is -1.14. The van der Waals surface area contributed by atoms with E-state index in [4.69, 9.17) is 11.6 Å². The summed E-state index contributed by atoms with van der Waals surface area (Å²) in [4.78, 5) is 23.4. The standard InChI is InChI=1S/C10H8BrClN2O3/c11-6-1-2-8(9(3-6)14(16)17)13-5-7(12)4-10(13)15/h1-3,7H,4-5H2. The summed E-state index contributed by atoms with van der Waals surface area (Å²) in [6.45, 7) is 0.308. The highest BCUT2D eigenvalue weighted by Gasteiger charge is 2.33. The highest BCUT2D eigenvalue weighted by molar-refractivity contribution is 9.10. The summed E-state index contributed by atoms with van der Waals surface area (Å²) in [5.74, 6) is -0.185. The molecule has 1 aromatic carbocycles. The van der Waals surface area contributed by atoms with Gasteiger partial charge in [0.25, 0.3) is 5.69 Å². The zero-order valence-electron chi connectivity index (χ0n) is 8.60. The molecule has 1 aliphatic heterocycles. The van der Waals surface area contributed by atoms with Crippen LogP contribution in [0, 0.1) is 10.1 Å². The van der Waals surface area contributed by atoms with Crippen LogP contribution in [0.15, 0.2) is 22.7 Å². The number of halogens is 2. The van der Waals surface area contributed by atoms with E-state index in [0.717, 1.165) is 0 Å². The second-order valence-corrected chi connectivity index (χ2v) is 5.23. The molecule has 5 nitrogen and oxygen atoms in total. The number of rotatable bonds is 2. The van der Waals surface area contributed by atoms with Crippen LogP contribution >= 0.6 is 27.5 Å². The molecule has 1 fully saturated rings. The molecule has 1 aliphatic rings. The Morgan fingerprint density at radius 1 is 1.53 bits per heavy atom. The number of alkyl halides is 1. The molecular weight excluding hydrogens is 311 g/mol. The van der Waals surface area contributed by atoms with Crippen molar-refractivity contribution in [3.8, 4) is 0 Å². The number of nitro groups is 1. The zero-order valence-corrected chi connectivity index (χ0v) is 10.9. The number of carbonyl (C=O) groups is 1. The van der Waals surface area contributed by atoms with Gasteiger partial charge in [-0.15, -0.1) is 11.6 Å². The number of nitro benzene ring substituents is 1. The van der Waals surface area contributed by atoms with Crippen LogP contribution in [0.5, 0.6) is 0 Å². The van der Waals surface area contributed by atoms with Gasteiger partial charge in [-0.05, 0) is 12.1 Å². The van der Waals surface area contributed by atoms with Crippen molar-refractivity contribution in [1.29, 1.82) is 0 Å². The molecule has 0 N–H and O–H groups in total. The third-order valence-corrected chi connectivity index (χ3v) is 3.29. The molecule has 1 atom stereocenters. The first kappa shape index (κ1) is 12.3. The number of benzene rings is 1. The second-order valence-electron chi connectivity index (χ2n) is 3.70. The number of nitrogens with zero attached hydrogens (tertiary/aromatic N) is 2. The maximum Gasteiger partial charge on any atom is 0.294 e. The zero-order chi connectivity index (χ0) is 12.6. The molecule has 0 aromatic heterocycles. The Balaban J connectivity index is 2.45. The van der Waals surface area contributed by atoms with E-state index in [-0.39, 0.29) is 23.4 Å². The lowest BCUT2D eigenvalue weighted by Crippen LogP contribution is -2.25. The van der Waals surface area contributed by atoms with Crippen molar-refractivity contribution in [2.75, 3.05) is 11.4 Å². The van der Waals surface area contributed by atoms with Gasteiger partial charge >= 0.3 is 0 Å². The first-order valence-electron chi connectivity index (χ1n) is 4.87. The average Bonchev–Trinajstić information content (AvgIpc) is 2.57. The van der Waals surface area contributed by atoms with Crippen LogP contribution in [0.1, 0.15) is 6.42 Å². The van der Waals surface area contributed by atoms with Gasteiger partial charge in [-0.2, -0.15) is 0 Å². The number of anilines is 1. The summed E-state index contributed by atoms with van der Waals surface area (Å²) >= 11 is 9.04. The van der Waals surface area contributed by atoms with E-state index in [1.54, 1.807) is 12.1 Å². The summed E-state index contributed by atoms with van der Waals surface area (Å²) in [6.07, 6.45) is 0.217. The van der Waals surface area contributed by atoms with Crippen LogP contribution in [0.4, 0.5) is 11.4 Å². The van der Waals surface area contributed by atoms with Crippen LogP contribution < -0.4 is 4.90 Å². The lowest BCUT2D eigenvalue weighted by Gasteiger charge is -2.15. The van der Waals surface area contributed by atoms with E-state index in [1.807, 2.05) is 0 Å². The Labute approximate surface area is 111 Å². The van der Waals surface area contributed by atoms with Crippen LogP contribution in [0.2, 0.25) is 0 Å². The number of hydrogen-bond donors (Lipinski definition) is 0. The fraction of sp³-hybridized carbons (Fsp3) is 0.300. The number of carbonyl (C=O) groups excluding carboxylic acids is 1. The maximum atomic E-state index is 11.7. The maximum absolute atomic E-state index is 11.7. The van der Waals surface area contributed by atoms with Gasteiger partial charge in [0.2, 0.25) is 5.91 Å². The molecule has 1 aromatic rings. The van der Waals surface area contributed by atoms with Crippen molar-refractivity contribution in [2.45, 2.75) is 11.8 Å². The van der Waals surface area contributed by atoms with Gasteiger partial charge in [0.05, 0.1) is 10.3 Å². The van der Waals surface area contributed by atoms with Gasteiger partial charge in [-0.3, -0.25) is 14.9 Å². The lowest BCUT2D eigenvalue weighted by molar-refractivity contribution is -0.384. The van der Waals surface area contributed by atoms with E-state index in [2.05, 4.69) is 15.9 Å².